The molecule has 5 heteroatoms. The molecule has 1 unspecified atom stereocenters. The highest BCUT2D eigenvalue weighted by Gasteiger charge is 2.42. The van der Waals surface area contributed by atoms with E-state index in [0.717, 1.165) is 46.4 Å². The highest BCUT2D eigenvalue weighted by atomic mass is 16.5. The van der Waals surface area contributed by atoms with Gasteiger partial charge < -0.3 is 14.1 Å². The van der Waals surface area contributed by atoms with E-state index in [1.54, 1.807) is 4.90 Å². The van der Waals surface area contributed by atoms with Gasteiger partial charge >= 0.3 is 0 Å². The van der Waals surface area contributed by atoms with Gasteiger partial charge in [0.15, 0.2) is 5.43 Å². The number of rotatable bonds is 7. The number of amides is 1. The summed E-state index contributed by atoms with van der Waals surface area (Å²) in [6.07, 6.45) is 2.00. The predicted octanol–water partition coefficient (Wildman–Crippen LogP) is 6.64. The van der Waals surface area contributed by atoms with Crippen LogP contribution >= 0.6 is 0 Å². The molecule has 0 saturated carbocycles. The third-order valence-electron chi connectivity index (χ3n) is 7.00. The van der Waals surface area contributed by atoms with Gasteiger partial charge in [-0.15, -0.1) is 0 Å². The third-order valence-corrected chi connectivity index (χ3v) is 7.00. The Morgan fingerprint density at radius 1 is 0.944 bits per heavy atom. The van der Waals surface area contributed by atoms with E-state index in [1.165, 1.54) is 0 Å². The van der Waals surface area contributed by atoms with Gasteiger partial charge in [0, 0.05) is 6.54 Å². The lowest BCUT2D eigenvalue weighted by atomic mass is 9.97. The molecule has 5 rings (SSSR count). The molecular weight excluding hydrogens is 450 g/mol. The molecule has 0 fully saturated rings. The molecule has 5 nitrogen and oxygen atoms in total. The van der Waals surface area contributed by atoms with Crippen molar-refractivity contribution in [2.45, 2.75) is 53.1 Å². The van der Waals surface area contributed by atoms with Crippen LogP contribution in [0, 0.1) is 20.8 Å². The van der Waals surface area contributed by atoms with E-state index in [4.69, 9.17) is 9.15 Å². The van der Waals surface area contributed by atoms with Crippen LogP contribution in [0.4, 0.5) is 0 Å². The Kier molecular flexibility index (Phi) is 6.40. The number of nitrogens with zero attached hydrogens (tertiary/aromatic N) is 1. The lowest BCUT2D eigenvalue weighted by molar-refractivity contribution is 0.0714. The number of unbranched alkanes of at least 4 members (excludes halogenated alkanes) is 1. The van der Waals surface area contributed by atoms with Crippen molar-refractivity contribution in [2.75, 3.05) is 6.61 Å². The summed E-state index contributed by atoms with van der Waals surface area (Å²) in [5.41, 5.74) is 5.69. The maximum Gasteiger partial charge on any atom is 0.291 e. The molecule has 36 heavy (non-hydrogen) atoms. The molecule has 0 radical (unpaired) electrons. The van der Waals surface area contributed by atoms with E-state index in [2.05, 4.69) is 6.92 Å². The number of carbonyl (C=O) groups excluding carboxylic acids is 1. The van der Waals surface area contributed by atoms with E-state index < -0.39 is 6.04 Å². The standard InChI is InChI=1S/C31H31NO4/c1-5-6-14-35-24-9-7-8-23(17-24)28-27-29(33)25-15-20(3)21(4)16-26(25)36-30(27)31(34)32(28)18-22-12-10-19(2)11-13-22/h7-13,15-17,28H,5-6,14,18H2,1-4H3. The zero-order valence-corrected chi connectivity index (χ0v) is 21.3. The van der Waals surface area contributed by atoms with E-state index in [1.807, 2.05) is 81.4 Å². The molecular formula is C31H31NO4. The number of fused-ring (bicyclic) bond motifs is 2. The zero-order chi connectivity index (χ0) is 25.4. The molecule has 1 atom stereocenters. The van der Waals surface area contributed by atoms with Gasteiger partial charge in [-0.2, -0.15) is 0 Å². The van der Waals surface area contributed by atoms with Crippen LogP contribution in [-0.4, -0.2) is 17.4 Å². The molecule has 0 aliphatic carbocycles. The lowest BCUT2D eigenvalue weighted by Crippen LogP contribution is -2.29. The van der Waals surface area contributed by atoms with Crippen LogP contribution in [0.2, 0.25) is 0 Å². The number of benzene rings is 3. The van der Waals surface area contributed by atoms with Crippen molar-refractivity contribution in [3.63, 3.8) is 0 Å². The molecule has 0 N–H and O–H groups in total. The summed E-state index contributed by atoms with van der Waals surface area (Å²) in [7, 11) is 0. The Labute approximate surface area is 211 Å². The van der Waals surface area contributed by atoms with Crippen LogP contribution in [0.25, 0.3) is 11.0 Å². The first-order valence-corrected chi connectivity index (χ1v) is 12.5. The lowest BCUT2D eigenvalue weighted by Gasteiger charge is -2.25. The second-order valence-corrected chi connectivity index (χ2v) is 9.70. The molecule has 0 bridgehead atoms. The topological polar surface area (TPSA) is 59.8 Å². The van der Waals surface area contributed by atoms with Crippen LogP contribution < -0.4 is 10.2 Å². The number of hydrogen-bond acceptors (Lipinski definition) is 4. The minimum absolute atomic E-state index is 0.130. The fourth-order valence-electron chi connectivity index (χ4n) is 4.78. The molecule has 1 aliphatic heterocycles. The summed E-state index contributed by atoms with van der Waals surface area (Å²) in [4.78, 5) is 29.4. The Hall–Kier alpha value is -3.86. The second kappa shape index (κ2) is 9.65. The smallest absolute Gasteiger partial charge is 0.291 e. The maximum absolute atomic E-state index is 13.9. The molecule has 1 aliphatic rings. The Morgan fingerprint density at radius 2 is 1.69 bits per heavy atom. The molecule has 1 amide bonds. The van der Waals surface area contributed by atoms with Crippen molar-refractivity contribution in [1.29, 1.82) is 0 Å². The summed E-state index contributed by atoms with van der Waals surface area (Å²) in [5, 5.41) is 0.502. The van der Waals surface area contributed by atoms with Gasteiger partial charge in [0.2, 0.25) is 5.76 Å². The number of aryl methyl sites for hydroxylation is 3. The van der Waals surface area contributed by atoms with Gasteiger partial charge in [-0.1, -0.05) is 55.3 Å². The monoisotopic (exact) mass is 481 g/mol. The van der Waals surface area contributed by atoms with Gasteiger partial charge in [-0.25, -0.2) is 0 Å². The Morgan fingerprint density at radius 3 is 2.44 bits per heavy atom. The normalized spacial score (nSPS) is 14.9. The minimum Gasteiger partial charge on any atom is -0.494 e. The highest BCUT2D eigenvalue weighted by Crippen LogP contribution is 2.40. The molecule has 1 aromatic heterocycles. The van der Waals surface area contributed by atoms with Crippen LogP contribution in [0.3, 0.4) is 0 Å². The quantitative estimate of drug-likeness (QED) is 0.278. The highest BCUT2D eigenvalue weighted by molar-refractivity contribution is 5.99. The summed E-state index contributed by atoms with van der Waals surface area (Å²) in [6.45, 7) is 9.09. The SMILES string of the molecule is CCCCOc1cccc(C2c3c(oc4cc(C)c(C)cc4c3=O)C(=O)N2Cc2ccc(C)cc2)c1. The van der Waals surface area contributed by atoms with Gasteiger partial charge in [-0.3, -0.25) is 9.59 Å². The van der Waals surface area contributed by atoms with E-state index in [-0.39, 0.29) is 17.1 Å². The van der Waals surface area contributed by atoms with Crippen molar-refractivity contribution < 1.29 is 13.9 Å². The van der Waals surface area contributed by atoms with E-state index in [9.17, 15) is 9.59 Å². The summed E-state index contributed by atoms with van der Waals surface area (Å²) < 4.78 is 12.1. The third kappa shape index (κ3) is 4.30. The second-order valence-electron chi connectivity index (χ2n) is 9.70. The number of hydrogen-bond donors (Lipinski definition) is 0. The van der Waals surface area contributed by atoms with Crippen molar-refractivity contribution in [3.05, 3.63) is 110 Å². The van der Waals surface area contributed by atoms with E-state index in [0.29, 0.717) is 29.7 Å². The number of carbonyl (C=O) groups is 1. The van der Waals surface area contributed by atoms with Gasteiger partial charge in [0.25, 0.3) is 5.91 Å². The predicted molar refractivity (Wildman–Crippen MR) is 142 cm³/mol. The first-order chi connectivity index (χ1) is 17.4. The van der Waals surface area contributed by atoms with Crippen LogP contribution in [0.5, 0.6) is 5.75 Å². The zero-order valence-electron chi connectivity index (χ0n) is 21.3. The van der Waals surface area contributed by atoms with Gasteiger partial charge in [0.05, 0.1) is 23.6 Å². The van der Waals surface area contributed by atoms with Crippen LogP contribution in [-0.2, 0) is 6.54 Å². The summed E-state index contributed by atoms with van der Waals surface area (Å²) in [6, 6.07) is 19.0. The molecule has 3 aromatic carbocycles. The Balaban J connectivity index is 1.66. The molecule has 4 aromatic rings. The van der Waals surface area contributed by atoms with Crippen molar-refractivity contribution in [3.8, 4) is 5.75 Å². The summed E-state index contributed by atoms with van der Waals surface area (Å²) >= 11 is 0. The first-order valence-electron chi connectivity index (χ1n) is 12.5. The largest absolute Gasteiger partial charge is 0.494 e. The maximum atomic E-state index is 13.9. The average molecular weight is 482 g/mol. The number of ether oxygens (including phenoxy) is 1. The molecule has 2 heterocycles. The Bertz CT molecular complexity index is 1500. The summed E-state index contributed by atoms with van der Waals surface area (Å²) in [5.74, 6) is 0.587. The van der Waals surface area contributed by atoms with Gasteiger partial charge in [-0.05, 0) is 73.7 Å². The van der Waals surface area contributed by atoms with Gasteiger partial charge in [0.1, 0.15) is 11.3 Å². The van der Waals surface area contributed by atoms with Crippen LogP contribution in [0.1, 0.15) is 69.7 Å². The fraction of sp³-hybridized carbons (Fsp3) is 0.290. The van der Waals surface area contributed by atoms with Crippen molar-refractivity contribution >= 4 is 16.9 Å². The molecule has 0 spiro atoms. The fourth-order valence-corrected chi connectivity index (χ4v) is 4.78. The van der Waals surface area contributed by atoms with Crippen molar-refractivity contribution in [2.24, 2.45) is 0 Å². The average Bonchev–Trinajstić information content (AvgIpc) is 3.14. The first kappa shape index (κ1) is 23.9. The van der Waals surface area contributed by atoms with Crippen LogP contribution in [0.15, 0.2) is 69.9 Å². The van der Waals surface area contributed by atoms with E-state index >= 15 is 0 Å². The molecule has 184 valence electrons. The minimum atomic E-state index is -0.564. The van der Waals surface area contributed by atoms with Crippen molar-refractivity contribution in [1.82, 2.24) is 4.90 Å². The molecule has 0 saturated heterocycles.